The minimum atomic E-state index is -4.44. The molecule has 0 aliphatic heterocycles. The van der Waals surface area contributed by atoms with Gasteiger partial charge in [-0.15, -0.1) is 11.3 Å². The van der Waals surface area contributed by atoms with Gasteiger partial charge in [-0.1, -0.05) is 12.1 Å². The predicted molar refractivity (Wildman–Crippen MR) is 131 cm³/mol. The van der Waals surface area contributed by atoms with Crippen LogP contribution in [0.25, 0.3) is 21.8 Å². The molecule has 5 nitrogen and oxygen atoms in total. The fraction of sp³-hybridized carbons (Fsp3) is 0.269. The Balaban J connectivity index is 1.51. The van der Waals surface area contributed by atoms with Crippen molar-refractivity contribution in [1.29, 1.82) is 0 Å². The molecule has 36 heavy (non-hydrogen) atoms. The van der Waals surface area contributed by atoms with Crippen molar-refractivity contribution in [3.05, 3.63) is 82.7 Å². The number of benzene rings is 2. The Hall–Kier alpha value is -3.53. The zero-order valence-corrected chi connectivity index (χ0v) is 20.7. The Bertz CT molecular complexity index is 1370. The molecule has 4 rings (SSSR count). The summed E-state index contributed by atoms with van der Waals surface area (Å²) in [6, 6.07) is 11.0. The lowest BCUT2D eigenvalue weighted by Gasteiger charge is -2.23. The number of carbonyl (C=O) groups excluding carboxylic acids is 1. The number of alkyl halides is 3. The largest absolute Gasteiger partial charge is 0.416 e. The lowest BCUT2D eigenvalue weighted by Crippen LogP contribution is -2.24. The molecule has 2 aromatic carbocycles. The molecule has 2 heterocycles. The van der Waals surface area contributed by atoms with E-state index in [0.717, 1.165) is 29.0 Å². The minimum absolute atomic E-state index is 0.0191. The third kappa shape index (κ3) is 5.81. The summed E-state index contributed by atoms with van der Waals surface area (Å²) in [5, 5.41) is 9.62. The fourth-order valence-corrected chi connectivity index (χ4v) is 4.53. The highest BCUT2D eigenvalue weighted by molar-refractivity contribution is 7.13. The van der Waals surface area contributed by atoms with Crippen LogP contribution in [0, 0.1) is 5.82 Å². The zero-order chi connectivity index (χ0) is 26.1. The van der Waals surface area contributed by atoms with Crippen molar-refractivity contribution in [2.75, 3.05) is 0 Å². The highest BCUT2D eigenvalue weighted by atomic mass is 32.1. The molecular weight excluding hydrogens is 492 g/mol. The normalized spacial score (nSPS) is 12.1. The summed E-state index contributed by atoms with van der Waals surface area (Å²) in [7, 11) is 0. The van der Waals surface area contributed by atoms with Crippen LogP contribution in [0.3, 0.4) is 0 Å². The highest BCUT2D eigenvalue weighted by Gasteiger charge is 2.30. The molecule has 0 fully saturated rings. The van der Waals surface area contributed by atoms with Crippen LogP contribution in [0.2, 0.25) is 0 Å². The number of thiazole rings is 1. The van der Waals surface area contributed by atoms with Gasteiger partial charge >= 0.3 is 6.18 Å². The van der Waals surface area contributed by atoms with E-state index in [2.05, 4.69) is 15.4 Å². The Labute approximate surface area is 209 Å². The quantitative estimate of drug-likeness (QED) is 0.300. The van der Waals surface area contributed by atoms with Crippen molar-refractivity contribution in [2.24, 2.45) is 0 Å². The molecule has 0 atom stereocenters. The second kappa shape index (κ2) is 9.85. The van der Waals surface area contributed by atoms with E-state index in [1.165, 1.54) is 35.6 Å². The number of aromatic nitrogens is 3. The van der Waals surface area contributed by atoms with E-state index in [0.29, 0.717) is 16.3 Å². The maximum Gasteiger partial charge on any atom is 0.416 e. The van der Waals surface area contributed by atoms with E-state index >= 15 is 0 Å². The van der Waals surface area contributed by atoms with Gasteiger partial charge in [-0.05, 0) is 62.7 Å². The van der Waals surface area contributed by atoms with Crippen LogP contribution in [0.1, 0.15) is 37.6 Å². The molecule has 1 N–H and O–H groups in total. The predicted octanol–water partition coefficient (Wildman–Crippen LogP) is 6.45. The number of rotatable bonds is 6. The Morgan fingerprint density at radius 3 is 2.47 bits per heavy atom. The van der Waals surface area contributed by atoms with Crippen LogP contribution in [0.15, 0.2) is 60.1 Å². The number of nitrogens with zero attached hydrogens (tertiary/aromatic N) is 3. The summed E-state index contributed by atoms with van der Waals surface area (Å²) in [6.07, 6.45) is -2.75. The van der Waals surface area contributed by atoms with Crippen LogP contribution in [-0.4, -0.2) is 20.7 Å². The summed E-state index contributed by atoms with van der Waals surface area (Å²) in [5.74, 6) is -0.691. The summed E-state index contributed by atoms with van der Waals surface area (Å²) in [4.78, 5) is 17.1. The first-order valence-corrected chi connectivity index (χ1v) is 12.0. The van der Waals surface area contributed by atoms with E-state index in [1.807, 2.05) is 25.5 Å². The topological polar surface area (TPSA) is 59.8 Å². The second-order valence-corrected chi connectivity index (χ2v) is 10.2. The highest BCUT2D eigenvalue weighted by Crippen LogP contribution is 2.37. The van der Waals surface area contributed by atoms with Crippen molar-refractivity contribution in [2.45, 2.75) is 45.5 Å². The van der Waals surface area contributed by atoms with Crippen molar-refractivity contribution >= 4 is 17.2 Å². The van der Waals surface area contributed by atoms with Crippen LogP contribution < -0.4 is 5.32 Å². The average Bonchev–Trinajstić information content (AvgIpc) is 3.45. The molecular formula is C26H24F4N4OS. The molecule has 4 aromatic rings. The average molecular weight is 517 g/mol. The van der Waals surface area contributed by atoms with Crippen molar-refractivity contribution < 1.29 is 22.4 Å². The molecule has 2 aromatic heterocycles. The molecule has 1 amide bonds. The third-order valence-electron chi connectivity index (χ3n) is 5.39. The van der Waals surface area contributed by atoms with Gasteiger partial charge in [0.05, 0.1) is 40.7 Å². The molecule has 0 aliphatic rings. The van der Waals surface area contributed by atoms with Gasteiger partial charge in [0.1, 0.15) is 10.8 Å². The molecule has 0 aliphatic carbocycles. The molecule has 0 saturated carbocycles. The number of amides is 1. The van der Waals surface area contributed by atoms with E-state index in [1.54, 1.807) is 23.7 Å². The molecule has 188 valence electrons. The van der Waals surface area contributed by atoms with Crippen molar-refractivity contribution in [1.82, 2.24) is 20.1 Å². The SMILES string of the molecule is CC(C)(C)n1ncc(-c2nc(CC(=O)NCc3cccc(C(F)(F)F)c3)cs2)c1-c1ccc(F)cc1. The monoisotopic (exact) mass is 516 g/mol. The smallest absolute Gasteiger partial charge is 0.352 e. The van der Waals surface area contributed by atoms with Gasteiger partial charge < -0.3 is 5.32 Å². The minimum Gasteiger partial charge on any atom is -0.352 e. The van der Waals surface area contributed by atoms with E-state index in [-0.39, 0.29) is 30.2 Å². The first-order chi connectivity index (χ1) is 16.9. The van der Waals surface area contributed by atoms with Gasteiger partial charge in [0.2, 0.25) is 5.91 Å². The summed E-state index contributed by atoms with van der Waals surface area (Å²) in [5.41, 5.74) is 2.13. The Morgan fingerprint density at radius 2 is 1.81 bits per heavy atom. The maximum absolute atomic E-state index is 13.5. The first kappa shape index (κ1) is 25.6. The standard InChI is InChI=1S/C26H24F4N4OS/c1-25(2,3)34-23(17-7-9-19(27)10-8-17)21(14-32-34)24-33-20(15-36-24)12-22(35)31-13-16-5-4-6-18(11-16)26(28,29)30/h4-11,14-15H,12-13H2,1-3H3,(H,31,35). The second-order valence-electron chi connectivity index (χ2n) is 9.29. The van der Waals surface area contributed by atoms with Crippen LogP contribution in [0.5, 0.6) is 0 Å². The number of hydrogen-bond donors (Lipinski definition) is 1. The fourth-order valence-electron chi connectivity index (χ4n) is 3.70. The number of carbonyl (C=O) groups is 1. The number of halogens is 4. The lowest BCUT2D eigenvalue weighted by atomic mass is 10.0. The molecule has 0 unspecified atom stereocenters. The van der Waals surface area contributed by atoms with E-state index in [9.17, 15) is 22.4 Å². The Morgan fingerprint density at radius 1 is 1.08 bits per heavy atom. The van der Waals surface area contributed by atoms with Gasteiger partial charge in [-0.3, -0.25) is 9.48 Å². The van der Waals surface area contributed by atoms with Gasteiger partial charge in [-0.25, -0.2) is 9.37 Å². The van der Waals surface area contributed by atoms with Gasteiger partial charge in [0.25, 0.3) is 0 Å². The van der Waals surface area contributed by atoms with E-state index < -0.39 is 11.7 Å². The molecule has 0 bridgehead atoms. The van der Waals surface area contributed by atoms with Gasteiger partial charge in [0.15, 0.2) is 0 Å². The van der Waals surface area contributed by atoms with Crippen molar-refractivity contribution in [3.63, 3.8) is 0 Å². The molecule has 10 heteroatoms. The lowest BCUT2D eigenvalue weighted by molar-refractivity contribution is -0.137. The molecule has 0 spiro atoms. The van der Waals surface area contributed by atoms with Gasteiger partial charge in [0, 0.05) is 17.5 Å². The maximum atomic E-state index is 13.5. The van der Waals surface area contributed by atoms with Gasteiger partial charge in [-0.2, -0.15) is 18.3 Å². The number of nitrogens with one attached hydrogen (secondary N) is 1. The van der Waals surface area contributed by atoms with Crippen LogP contribution >= 0.6 is 11.3 Å². The van der Waals surface area contributed by atoms with E-state index in [4.69, 9.17) is 0 Å². The summed E-state index contributed by atoms with van der Waals surface area (Å²) >= 11 is 1.36. The molecule has 0 radical (unpaired) electrons. The Kier molecular flexibility index (Phi) is 6.99. The third-order valence-corrected chi connectivity index (χ3v) is 6.31. The van der Waals surface area contributed by atoms with Crippen LogP contribution in [-0.2, 0) is 29.5 Å². The van der Waals surface area contributed by atoms with Crippen LogP contribution in [0.4, 0.5) is 17.6 Å². The summed E-state index contributed by atoms with van der Waals surface area (Å²) in [6.45, 7) is 6.02. The zero-order valence-electron chi connectivity index (χ0n) is 19.9. The first-order valence-electron chi connectivity index (χ1n) is 11.1. The number of hydrogen-bond acceptors (Lipinski definition) is 4. The summed E-state index contributed by atoms with van der Waals surface area (Å²) < 4.78 is 54.1. The molecule has 0 saturated heterocycles. The van der Waals surface area contributed by atoms with Crippen molar-refractivity contribution in [3.8, 4) is 21.8 Å².